The van der Waals surface area contributed by atoms with Crippen LogP contribution in [0.1, 0.15) is 43.5 Å². The van der Waals surface area contributed by atoms with Gasteiger partial charge in [0, 0.05) is 48.5 Å². The highest BCUT2D eigenvalue weighted by Gasteiger charge is 2.29. The van der Waals surface area contributed by atoms with Gasteiger partial charge in [-0.3, -0.25) is 19.7 Å². The lowest BCUT2D eigenvalue weighted by Gasteiger charge is -2.40. The van der Waals surface area contributed by atoms with E-state index >= 15 is 0 Å². The smallest absolute Gasteiger partial charge is 0.307 e. The average Bonchev–Trinajstić information content (AvgIpc) is 2.80. The molecule has 33 heavy (non-hydrogen) atoms. The molecule has 0 atom stereocenters. The minimum absolute atomic E-state index is 0.0605. The standard InChI is InChI=1S/C26H30N4O3/c1-18-21(14-24(31)32)25(30-12-8-26(2,3)9-13-30)22(16-28-18)23-5-4-20(15-29-23)33-17-19-6-10-27-11-7-19/h4-7,10-11,15-16H,8-9,12-14,17H2,1-3H3,(H,31,32). The molecule has 0 spiro atoms. The van der Waals surface area contributed by atoms with Crippen LogP contribution in [0.4, 0.5) is 5.69 Å². The summed E-state index contributed by atoms with van der Waals surface area (Å²) in [4.78, 5) is 27.2. The minimum Gasteiger partial charge on any atom is -0.487 e. The molecule has 0 saturated carbocycles. The number of piperidine rings is 1. The van der Waals surface area contributed by atoms with E-state index in [9.17, 15) is 9.90 Å². The molecule has 0 amide bonds. The molecule has 1 fully saturated rings. The maximum Gasteiger partial charge on any atom is 0.307 e. The Hall–Kier alpha value is -3.48. The lowest BCUT2D eigenvalue weighted by Crippen LogP contribution is -2.38. The van der Waals surface area contributed by atoms with E-state index in [1.807, 2.05) is 37.4 Å². The maximum atomic E-state index is 11.7. The van der Waals surface area contributed by atoms with Crippen LogP contribution in [0.2, 0.25) is 0 Å². The Bertz CT molecular complexity index is 1100. The number of hydrogen-bond donors (Lipinski definition) is 1. The molecule has 172 valence electrons. The molecular formula is C26H30N4O3. The molecule has 4 rings (SSSR count). The molecule has 1 N–H and O–H groups in total. The first-order valence-electron chi connectivity index (χ1n) is 11.3. The SMILES string of the molecule is Cc1ncc(-c2ccc(OCc3ccncc3)cn2)c(N2CCC(C)(C)CC2)c1CC(=O)O. The van der Waals surface area contributed by atoms with Crippen molar-refractivity contribution in [3.63, 3.8) is 0 Å². The molecule has 7 heteroatoms. The number of rotatable bonds is 7. The number of nitrogens with zero attached hydrogens (tertiary/aromatic N) is 4. The summed E-state index contributed by atoms with van der Waals surface area (Å²) in [7, 11) is 0. The van der Waals surface area contributed by atoms with Crippen molar-refractivity contribution in [2.24, 2.45) is 5.41 Å². The Kier molecular flexibility index (Phi) is 6.58. The number of hydrogen-bond acceptors (Lipinski definition) is 6. The number of pyridine rings is 3. The van der Waals surface area contributed by atoms with Crippen molar-refractivity contribution < 1.29 is 14.6 Å². The van der Waals surface area contributed by atoms with Gasteiger partial charge in [0.25, 0.3) is 0 Å². The van der Waals surface area contributed by atoms with Crippen molar-refractivity contribution in [2.75, 3.05) is 18.0 Å². The van der Waals surface area contributed by atoms with Crippen molar-refractivity contribution in [1.82, 2.24) is 15.0 Å². The van der Waals surface area contributed by atoms with Gasteiger partial charge < -0.3 is 14.7 Å². The van der Waals surface area contributed by atoms with Gasteiger partial charge in [-0.25, -0.2) is 0 Å². The number of carboxylic acids is 1. The Labute approximate surface area is 194 Å². The third-order valence-corrected chi connectivity index (χ3v) is 6.29. The Balaban J connectivity index is 1.64. The number of anilines is 1. The molecule has 4 heterocycles. The van der Waals surface area contributed by atoms with Crippen molar-refractivity contribution in [1.29, 1.82) is 0 Å². The Morgan fingerprint density at radius 2 is 1.82 bits per heavy atom. The van der Waals surface area contributed by atoms with Crippen LogP contribution in [0.5, 0.6) is 5.75 Å². The molecule has 3 aromatic heterocycles. The molecule has 0 radical (unpaired) electrons. The first-order chi connectivity index (χ1) is 15.8. The van der Waals surface area contributed by atoms with Crippen LogP contribution >= 0.6 is 0 Å². The average molecular weight is 447 g/mol. The summed E-state index contributed by atoms with van der Waals surface area (Å²) in [5, 5.41) is 9.57. The molecule has 3 aromatic rings. The lowest BCUT2D eigenvalue weighted by atomic mass is 9.82. The Morgan fingerprint density at radius 3 is 2.45 bits per heavy atom. The van der Waals surface area contributed by atoms with Gasteiger partial charge >= 0.3 is 5.97 Å². The van der Waals surface area contributed by atoms with Gasteiger partial charge in [0.05, 0.1) is 24.0 Å². The third-order valence-electron chi connectivity index (χ3n) is 6.29. The third kappa shape index (κ3) is 5.48. The zero-order chi connectivity index (χ0) is 23.4. The first kappa shape index (κ1) is 22.7. The summed E-state index contributed by atoms with van der Waals surface area (Å²) in [5.74, 6) is -0.189. The molecule has 1 aliphatic heterocycles. The van der Waals surface area contributed by atoms with Crippen LogP contribution < -0.4 is 9.64 Å². The molecule has 0 bridgehead atoms. The summed E-state index contributed by atoms with van der Waals surface area (Å²) in [6.07, 6.45) is 9.04. The van der Waals surface area contributed by atoms with E-state index in [2.05, 4.69) is 33.7 Å². The van der Waals surface area contributed by atoms with Gasteiger partial charge in [-0.2, -0.15) is 0 Å². The zero-order valence-corrected chi connectivity index (χ0v) is 19.4. The van der Waals surface area contributed by atoms with Gasteiger partial charge in [0.15, 0.2) is 0 Å². The van der Waals surface area contributed by atoms with Crippen LogP contribution in [0.15, 0.2) is 49.1 Å². The number of ether oxygens (including phenoxy) is 1. The monoisotopic (exact) mass is 446 g/mol. The van der Waals surface area contributed by atoms with Gasteiger partial charge in [-0.05, 0) is 55.0 Å². The number of carbonyl (C=O) groups is 1. The first-order valence-corrected chi connectivity index (χ1v) is 11.3. The van der Waals surface area contributed by atoms with E-state index < -0.39 is 5.97 Å². The van der Waals surface area contributed by atoms with E-state index in [0.29, 0.717) is 12.4 Å². The summed E-state index contributed by atoms with van der Waals surface area (Å²) < 4.78 is 5.85. The second kappa shape index (κ2) is 9.57. The van der Waals surface area contributed by atoms with E-state index in [1.165, 1.54) is 0 Å². The summed E-state index contributed by atoms with van der Waals surface area (Å²) in [6, 6.07) is 7.63. The number of aliphatic carboxylic acids is 1. The van der Waals surface area contributed by atoms with E-state index in [-0.39, 0.29) is 11.8 Å². The largest absolute Gasteiger partial charge is 0.487 e. The van der Waals surface area contributed by atoms with Crippen molar-refractivity contribution in [3.8, 4) is 17.0 Å². The van der Waals surface area contributed by atoms with Crippen molar-refractivity contribution in [2.45, 2.75) is 46.6 Å². The topological polar surface area (TPSA) is 88.4 Å². The van der Waals surface area contributed by atoms with Crippen LogP contribution in [-0.2, 0) is 17.8 Å². The van der Waals surface area contributed by atoms with Crippen LogP contribution in [0.3, 0.4) is 0 Å². The fourth-order valence-electron chi connectivity index (χ4n) is 4.15. The lowest BCUT2D eigenvalue weighted by molar-refractivity contribution is -0.136. The van der Waals surface area contributed by atoms with E-state index in [0.717, 1.165) is 59.7 Å². The molecular weight excluding hydrogens is 416 g/mol. The van der Waals surface area contributed by atoms with Crippen LogP contribution in [0.25, 0.3) is 11.3 Å². The highest BCUT2D eigenvalue weighted by atomic mass is 16.5. The predicted molar refractivity (Wildman–Crippen MR) is 127 cm³/mol. The molecule has 1 aliphatic rings. The number of aromatic nitrogens is 3. The fraction of sp³-hybridized carbons (Fsp3) is 0.385. The molecule has 7 nitrogen and oxygen atoms in total. The molecule has 0 aliphatic carbocycles. The predicted octanol–water partition coefficient (Wildman–Crippen LogP) is 4.68. The number of carboxylic acid groups (broad SMARTS) is 1. The maximum absolute atomic E-state index is 11.7. The van der Waals surface area contributed by atoms with Gasteiger partial charge in [-0.15, -0.1) is 0 Å². The summed E-state index contributed by atoms with van der Waals surface area (Å²) in [6.45, 7) is 8.64. The summed E-state index contributed by atoms with van der Waals surface area (Å²) in [5.41, 5.74) is 5.39. The quantitative estimate of drug-likeness (QED) is 0.564. The van der Waals surface area contributed by atoms with Gasteiger partial charge in [0.1, 0.15) is 12.4 Å². The molecule has 0 aromatic carbocycles. The van der Waals surface area contributed by atoms with Gasteiger partial charge in [0.2, 0.25) is 0 Å². The fourth-order valence-corrected chi connectivity index (χ4v) is 4.15. The molecule has 1 saturated heterocycles. The van der Waals surface area contributed by atoms with Crippen LogP contribution in [0, 0.1) is 12.3 Å². The molecule has 0 unspecified atom stereocenters. The van der Waals surface area contributed by atoms with E-state index in [4.69, 9.17) is 4.74 Å². The van der Waals surface area contributed by atoms with Crippen LogP contribution in [-0.4, -0.2) is 39.1 Å². The normalized spacial score (nSPS) is 15.3. The minimum atomic E-state index is -0.858. The number of aryl methyl sites for hydroxylation is 1. The van der Waals surface area contributed by atoms with Crippen molar-refractivity contribution >= 4 is 11.7 Å². The highest BCUT2D eigenvalue weighted by molar-refractivity contribution is 5.83. The van der Waals surface area contributed by atoms with Gasteiger partial charge in [-0.1, -0.05) is 13.8 Å². The van der Waals surface area contributed by atoms with Crippen molar-refractivity contribution in [3.05, 3.63) is 65.9 Å². The second-order valence-corrected chi connectivity index (χ2v) is 9.33. The second-order valence-electron chi connectivity index (χ2n) is 9.33. The summed E-state index contributed by atoms with van der Waals surface area (Å²) >= 11 is 0. The Morgan fingerprint density at radius 1 is 1.09 bits per heavy atom. The zero-order valence-electron chi connectivity index (χ0n) is 19.4. The van der Waals surface area contributed by atoms with E-state index in [1.54, 1.807) is 18.6 Å². The highest BCUT2D eigenvalue weighted by Crippen LogP contribution is 2.39.